The molecule has 0 unspecified atom stereocenters. The van der Waals surface area contributed by atoms with Crippen molar-refractivity contribution in [2.24, 2.45) is 0 Å². The molecule has 6 heteroatoms. The van der Waals surface area contributed by atoms with E-state index in [0.29, 0.717) is 17.8 Å². The molecule has 0 saturated heterocycles. The Kier molecular flexibility index (Phi) is 4.64. The standard InChI is InChI=1S/C20H21N5O/c26-16-10-8-15(9-11-16)22-19-13-18(17-7-3-4-12-21-17)24-20(25-19)23-14-5-1-2-6-14/h3-4,7-14,26H,1-2,5-6H2,(H2,22,23,24,25). The smallest absolute Gasteiger partial charge is 0.225 e. The van der Waals surface area contributed by atoms with Crippen LogP contribution in [-0.4, -0.2) is 26.1 Å². The van der Waals surface area contributed by atoms with E-state index in [0.717, 1.165) is 29.9 Å². The maximum absolute atomic E-state index is 9.45. The fourth-order valence-corrected chi connectivity index (χ4v) is 3.17. The van der Waals surface area contributed by atoms with E-state index in [9.17, 15) is 5.11 Å². The van der Waals surface area contributed by atoms with E-state index in [-0.39, 0.29) is 5.75 Å². The number of hydrogen-bond acceptors (Lipinski definition) is 6. The highest BCUT2D eigenvalue weighted by molar-refractivity contribution is 5.65. The number of benzene rings is 1. The van der Waals surface area contributed by atoms with E-state index in [1.165, 1.54) is 12.8 Å². The zero-order valence-corrected chi connectivity index (χ0v) is 14.4. The van der Waals surface area contributed by atoms with Crippen molar-refractivity contribution in [3.8, 4) is 17.1 Å². The van der Waals surface area contributed by atoms with Crippen molar-refractivity contribution < 1.29 is 5.11 Å². The second-order valence-electron chi connectivity index (χ2n) is 6.47. The van der Waals surface area contributed by atoms with E-state index < -0.39 is 0 Å². The molecule has 0 bridgehead atoms. The lowest BCUT2D eigenvalue weighted by atomic mass is 10.2. The van der Waals surface area contributed by atoms with Gasteiger partial charge in [-0.25, -0.2) is 4.98 Å². The summed E-state index contributed by atoms with van der Waals surface area (Å²) in [5, 5.41) is 16.2. The number of aromatic hydroxyl groups is 1. The molecule has 3 aromatic rings. The molecule has 6 nitrogen and oxygen atoms in total. The molecule has 4 rings (SSSR count). The van der Waals surface area contributed by atoms with Gasteiger partial charge in [0.05, 0.1) is 11.4 Å². The predicted molar refractivity (Wildman–Crippen MR) is 103 cm³/mol. The molecule has 1 fully saturated rings. The first-order valence-corrected chi connectivity index (χ1v) is 8.89. The van der Waals surface area contributed by atoms with Crippen LogP contribution in [0.5, 0.6) is 5.75 Å². The third kappa shape index (κ3) is 3.91. The predicted octanol–water partition coefficient (Wildman–Crippen LogP) is 4.34. The Morgan fingerprint density at radius 1 is 0.923 bits per heavy atom. The molecule has 26 heavy (non-hydrogen) atoms. The van der Waals surface area contributed by atoms with Crippen LogP contribution >= 0.6 is 0 Å². The summed E-state index contributed by atoms with van der Waals surface area (Å²) in [6.07, 6.45) is 6.55. The van der Waals surface area contributed by atoms with Gasteiger partial charge in [0.1, 0.15) is 11.6 Å². The number of phenolic OH excluding ortho intramolecular Hbond substituents is 1. The van der Waals surface area contributed by atoms with Crippen LogP contribution in [0.3, 0.4) is 0 Å². The Morgan fingerprint density at radius 3 is 2.46 bits per heavy atom. The van der Waals surface area contributed by atoms with Crippen LogP contribution in [-0.2, 0) is 0 Å². The third-order valence-electron chi connectivity index (χ3n) is 4.48. The second kappa shape index (κ2) is 7.39. The van der Waals surface area contributed by atoms with Crippen molar-refractivity contribution in [3.05, 3.63) is 54.7 Å². The number of nitrogens with one attached hydrogen (secondary N) is 2. The highest BCUT2D eigenvalue weighted by Gasteiger charge is 2.17. The number of rotatable bonds is 5. The first kappa shape index (κ1) is 16.3. The lowest BCUT2D eigenvalue weighted by molar-refractivity contribution is 0.475. The van der Waals surface area contributed by atoms with E-state index in [1.807, 2.05) is 36.4 Å². The SMILES string of the molecule is Oc1ccc(Nc2cc(-c3ccccn3)nc(NC3CCCC3)n2)cc1. The molecule has 1 saturated carbocycles. The largest absolute Gasteiger partial charge is 0.508 e. The monoisotopic (exact) mass is 347 g/mol. The van der Waals surface area contributed by atoms with Gasteiger partial charge in [-0.2, -0.15) is 4.98 Å². The Hall–Kier alpha value is -3.15. The Bertz CT molecular complexity index is 861. The fourth-order valence-electron chi connectivity index (χ4n) is 3.17. The number of aromatic nitrogens is 3. The molecule has 2 aromatic heterocycles. The average molecular weight is 347 g/mol. The quantitative estimate of drug-likeness (QED) is 0.596. The van der Waals surface area contributed by atoms with Crippen molar-refractivity contribution in [2.75, 3.05) is 10.6 Å². The summed E-state index contributed by atoms with van der Waals surface area (Å²) in [6, 6.07) is 15.0. The van der Waals surface area contributed by atoms with Gasteiger partial charge in [-0.1, -0.05) is 18.9 Å². The maximum atomic E-state index is 9.45. The molecule has 0 spiro atoms. The lowest BCUT2D eigenvalue weighted by Gasteiger charge is -2.14. The topological polar surface area (TPSA) is 83.0 Å². The van der Waals surface area contributed by atoms with Gasteiger partial charge < -0.3 is 15.7 Å². The molecule has 0 amide bonds. The molecule has 1 aliphatic rings. The number of nitrogens with zero attached hydrogens (tertiary/aromatic N) is 3. The highest BCUT2D eigenvalue weighted by Crippen LogP contribution is 2.26. The van der Waals surface area contributed by atoms with Crippen LogP contribution in [0.2, 0.25) is 0 Å². The Labute approximate surface area is 152 Å². The van der Waals surface area contributed by atoms with Crippen LogP contribution in [0, 0.1) is 0 Å². The van der Waals surface area contributed by atoms with Crippen molar-refractivity contribution >= 4 is 17.5 Å². The van der Waals surface area contributed by atoms with Crippen LogP contribution in [0.1, 0.15) is 25.7 Å². The fraction of sp³-hybridized carbons (Fsp3) is 0.250. The number of pyridine rings is 1. The molecular formula is C20H21N5O. The van der Waals surface area contributed by atoms with Crippen LogP contribution in [0.4, 0.5) is 17.5 Å². The first-order chi connectivity index (χ1) is 12.8. The molecule has 0 aliphatic heterocycles. The number of anilines is 3. The van der Waals surface area contributed by atoms with Gasteiger partial charge in [-0.05, 0) is 49.2 Å². The van der Waals surface area contributed by atoms with Crippen molar-refractivity contribution in [1.82, 2.24) is 15.0 Å². The van der Waals surface area contributed by atoms with Crippen molar-refractivity contribution in [2.45, 2.75) is 31.7 Å². The lowest BCUT2D eigenvalue weighted by Crippen LogP contribution is -2.17. The average Bonchev–Trinajstić information content (AvgIpc) is 3.17. The summed E-state index contributed by atoms with van der Waals surface area (Å²) < 4.78 is 0. The molecule has 3 N–H and O–H groups in total. The normalized spacial score (nSPS) is 14.3. The molecule has 0 radical (unpaired) electrons. The molecule has 132 valence electrons. The van der Waals surface area contributed by atoms with Crippen LogP contribution < -0.4 is 10.6 Å². The Balaban J connectivity index is 1.65. The summed E-state index contributed by atoms with van der Waals surface area (Å²) in [5.74, 6) is 1.53. The van der Waals surface area contributed by atoms with Crippen LogP contribution in [0.15, 0.2) is 54.7 Å². The van der Waals surface area contributed by atoms with Gasteiger partial charge in [-0.3, -0.25) is 4.98 Å². The highest BCUT2D eigenvalue weighted by atomic mass is 16.3. The van der Waals surface area contributed by atoms with Crippen molar-refractivity contribution in [1.29, 1.82) is 0 Å². The minimum Gasteiger partial charge on any atom is -0.508 e. The van der Waals surface area contributed by atoms with Gasteiger partial charge in [0.15, 0.2) is 0 Å². The molecular weight excluding hydrogens is 326 g/mol. The summed E-state index contributed by atoms with van der Waals surface area (Å²) in [5.41, 5.74) is 2.42. The molecule has 0 atom stereocenters. The zero-order valence-electron chi connectivity index (χ0n) is 14.4. The minimum atomic E-state index is 0.232. The third-order valence-corrected chi connectivity index (χ3v) is 4.48. The summed E-state index contributed by atoms with van der Waals surface area (Å²) in [4.78, 5) is 13.7. The molecule has 1 aliphatic carbocycles. The van der Waals surface area contributed by atoms with Gasteiger partial charge >= 0.3 is 0 Å². The van der Waals surface area contributed by atoms with E-state index in [4.69, 9.17) is 0 Å². The zero-order chi connectivity index (χ0) is 17.8. The van der Waals surface area contributed by atoms with Gasteiger partial charge in [0, 0.05) is 24.0 Å². The summed E-state index contributed by atoms with van der Waals surface area (Å²) >= 11 is 0. The summed E-state index contributed by atoms with van der Waals surface area (Å²) in [7, 11) is 0. The second-order valence-corrected chi connectivity index (χ2v) is 6.47. The first-order valence-electron chi connectivity index (χ1n) is 8.89. The minimum absolute atomic E-state index is 0.232. The molecule has 1 aromatic carbocycles. The van der Waals surface area contributed by atoms with Crippen LogP contribution in [0.25, 0.3) is 11.4 Å². The van der Waals surface area contributed by atoms with E-state index in [2.05, 4.69) is 25.6 Å². The van der Waals surface area contributed by atoms with Gasteiger partial charge in [-0.15, -0.1) is 0 Å². The summed E-state index contributed by atoms with van der Waals surface area (Å²) in [6.45, 7) is 0. The number of phenols is 1. The van der Waals surface area contributed by atoms with E-state index in [1.54, 1.807) is 18.3 Å². The van der Waals surface area contributed by atoms with Crippen molar-refractivity contribution in [3.63, 3.8) is 0 Å². The maximum Gasteiger partial charge on any atom is 0.225 e. The number of hydrogen-bond donors (Lipinski definition) is 3. The Morgan fingerprint density at radius 2 is 1.73 bits per heavy atom. The van der Waals surface area contributed by atoms with Gasteiger partial charge in [0.2, 0.25) is 5.95 Å². The molecule has 2 heterocycles. The van der Waals surface area contributed by atoms with E-state index >= 15 is 0 Å². The van der Waals surface area contributed by atoms with Gasteiger partial charge in [0.25, 0.3) is 0 Å².